The minimum absolute atomic E-state index is 0.0291. The average Bonchev–Trinajstić information content (AvgIpc) is 2.43. The predicted octanol–water partition coefficient (Wildman–Crippen LogP) is 2.85. The second-order valence-electron chi connectivity index (χ2n) is 6.09. The van der Waals surface area contributed by atoms with Crippen molar-refractivity contribution in [3.8, 4) is 0 Å². The Morgan fingerprint density at radius 1 is 1.20 bits per heavy atom. The zero-order valence-electron chi connectivity index (χ0n) is 12.8. The van der Waals surface area contributed by atoms with Crippen LogP contribution < -0.4 is 5.32 Å². The molecule has 1 aliphatic heterocycles. The molecule has 0 aromatic heterocycles. The zero-order chi connectivity index (χ0) is 15.0. The van der Waals surface area contributed by atoms with Crippen LogP contribution >= 0.6 is 0 Å². The second kappa shape index (κ2) is 8.12. The van der Waals surface area contributed by atoms with E-state index in [2.05, 4.69) is 19.2 Å². The van der Waals surface area contributed by atoms with Crippen LogP contribution in [-0.4, -0.2) is 41.6 Å². The van der Waals surface area contributed by atoms with E-state index in [1.807, 2.05) is 4.90 Å². The number of carbonyl (C=O) groups excluding carboxylic acids is 1. The minimum atomic E-state index is -0.749. The summed E-state index contributed by atoms with van der Waals surface area (Å²) in [5.74, 6) is -0.749. The lowest BCUT2D eigenvalue weighted by Gasteiger charge is -2.38. The number of carbonyl (C=O) groups is 2. The van der Waals surface area contributed by atoms with Crippen LogP contribution in [0.3, 0.4) is 0 Å². The van der Waals surface area contributed by atoms with Crippen molar-refractivity contribution in [2.24, 2.45) is 5.41 Å². The van der Waals surface area contributed by atoms with Crippen molar-refractivity contribution in [3.63, 3.8) is 0 Å². The van der Waals surface area contributed by atoms with E-state index < -0.39 is 5.97 Å². The number of aliphatic carboxylic acids is 1. The van der Waals surface area contributed by atoms with Gasteiger partial charge in [-0.05, 0) is 31.1 Å². The number of nitrogens with zero attached hydrogens (tertiary/aromatic N) is 1. The monoisotopic (exact) mass is 284 g/mol. The molecule has 5 nitrogen and oxygen atoms in total. The molecule has 1 heterocycles. The Hall–Kier alpha value is -1.26. The number of nitrogens with one attached hydrogen (secondary N) is 1. The van der Waals surface area contributed by atoms with E-state index in [1.165, 1.54) is 6.42 Å². The second-order valence-corrected chi connectivity index (χ2v) is 6.09. The lowest BCUT2D eigenvalue weighted by molar-refractivity contribution is -0.137. The highest BCUT2D eigenvalue weighted by molar-refractivity contribution is 5.74. The number of carboxylic acids is 1. The van der Waals surface area contributed by atoms with E-state index in [4.69, 9.17) is 5.11 Å². The van der Waals surface area contributed by atoms with E-state index in [1.54, 1.807) is 0 Å². The van der Waals surface area contributed by atoms with Gasteiger partial charge in [-0.3, -0.25) is 4.79 Å². The zero-order valence-corrected chi connectivity index (χ0v) is 12.8. The van der Waals surface area contributed by atoms with Gasteiger partial charge in [0.15, 0.2) is 0 Å². The lowest BCUT2D eigenvalue weighted by Crippen LogP contribution is -2.46. The summed E-state index contributed by atoms with van der Waals surface area (Å²) in [5, 5.41) is 11.4. The molecule has 0 aromatic rings. The van der Waals surface area contributed by atoms with Crippen molar-refractivity contribution in [2.75, 3.05) is 19.6 Å². The third-order valence-electron chi connectivity index (χ3n) is 4.45. The summed E-state index contributed by atoms with van der Waals surface area (Å²) in [5.41, 5.74) is 0.396. The maximum Gasteiger partial charge on any atom is 0.317 e. The molecular formula is C15H28N2O3. The molecule has 116 valence electrons. The van der Waals surface area contributed by atoms with Gasteiger partial charge in [0.05, 0.1) is 0 Å². The Balaban J connectivity index is 2.10. The van der Waals surface area contributed by atoms with Crippen molar-refractivity contribution in [1.82, 2.24) is 10.2 Å². The summed E-state index contributed by atoms with van der Waals surface area (Å²) in [6.07, 6.45) is 5.93. The van der Waals surface area contributed by atoms with E-state index in [-0.39, 0.29) is 12.5 Å². The first kappa shape index (κ1) is 16.8. The highest BCUT2D eigenvalue weighted by Gasteiger charge is 2.29. The molecule has 1 rings (SSSR count). The summed E-state index contributed by atoms with van der Waals surface area (Å²) in [7, 11) is 0. The number of urea groups is 1. The number of hydrogen-bond donors (Lipinski definition) is 2. The van der Waals surface area contributed by atoms with Crippen LogP contribution in [0, 0.1) is 5.41 Å². The molecule has 2 amide bonds. The van der Waals surface area contributed by atoms with Crippen LogP contribution in [-0.2, 0) is 4.79 Å². The third kappa shape index (κ3) is 5.80. The quantitative estimate of drug-likeness (QED) is 0.706. The van der Waals surface area contributed by atoms with Crippen molar-refractivity contribution < 1.29 is 14.7 Å². The molecule has 0 saturated carbocycles. The number of hydrogen-bond acceptors (Lipinski definition) is 2. The SMILES string of the molecule is CCC1(C)CCN(C(=O)NCCCCCC(=O)O)CC1. The topological polar surface area (TPSA) is 69.6 Å². The first-order valence-corrected chi connectivity index (χ1v) is 7.71. The normalized spacial score (nSPS) is 17.8. The molecule has 1 saturated heterocycles. The van der Waals surface area contributed by atoms with Crippen LogP contribution in [0.2, 0.25) is 0 Å². The van der Waals surface area contributed by atoms with Gasteiger partial charge in [-0.1, -0.05) is 26.7 Å². The van der Waals surface area contributed by atoms with E-state index >= 15 is 0 Å². The number of unbranched alkanes of at least 4 members (excludes halogenated alkanes) is 2. The largest absolute Gasteiger partial charge is 0.481 e. The third-order valence-corrected chi connectivity index (χ3v) is 4.45. The van der Waals surface area contributed by atoms with Gasteiger partial charge in [-0.25, -0.2) is 4.79 Å². The Morgan fingerprint density at radius 3 is 2.40 bits per heavy atom. The van der Waals surface area contributed by atoms with E-state index in [0.717, 1.165) is 38.8 Å². The fraction of sp³-hybridized carbons (Fsp3) is 0.867. The number of rotatable bonds is 7. The Bertz CT molecular complexity index is 323. The molecule has 0 unspecified atom stereocenters. The van der Waals surface area contributed by atoms with Gasteiger partial charge in [0.25, 0.3) is 0 Å². The van der Waals surface area contributed by atoms with E-state index in [0.29, 0.717) is 18.4 Å². The van der Waals surface area contributed by atoms with Crippen LogP contribution in [0.15, 0.2) is 0 Å². The maximum absolute atomic E-state index is 12.0. The lowest BCUT2D eigenvalue weighted by atomic mass is 9.78. The summed E-state index contributed by atoms with van der Waals surface area (Å²) >= 11 is 0. The Morgan fingerprint density at radius 2 is 1.85 bits per heavy atom. The molecule has 1 fully saturated rings. The summed E-state index contributed by atoms with van der Waals surface area (Å²) in [6, 6.07) is 0.0291. The van der Waals surface area contributed by atoms with Crippen molar-refractivity contribution >= 4 is 12.0 Å². The van der Waals surface area contributed by atoms with Crippen LogP contribution in [0.25, 0.3) is 0 Å². The number of likely N-dealkylation sites (tertiary alicyclic amines) is 1. The maximum atomic E-state index is 12.0. The minimum Gasteiger partial charge on any atom is -0.481 e. The van der Waals surface area contributed by atoms with Crippen LogP contribution in [0.5, 0.6) is 0 Å². The Kier molecular flexibility index (Phi) is 6.82. The highest BCUT2D eigenvalue weighted by atomic mass is 16.4. The molecule has 0 spiro atoms. The van der Waals surface area contributed by atoms with Gasteiger partial charge >= 0.3 is 12.0 Å². The van der Waals surface area contributed by atoms with Gasteiger partial charge in [0.1, 0.15) is 0 Å². The molecule has 0 bridgehead atoms. The summed E-state index contributed by atoms with van der Waals surface area (Å²) in [4.78, 5) is 24.2. The fourth-order valence-corrected chi connectivity index (χ4v) is 2.49. The predicted molar refractivity (Wildman–Crippen MR) is 78.7 cm³/mol. The Labute approximate surface area is 121 Å². The van der Waals surface area contributed by atoms with Crippen molar-refractivity contribution in [2.45, 2.75) is 58.8 Å². The molecule has 2 N–H and O–H groups in total. The first-order valence-electron chi connectivity index (χ1n) is 7.71. The molecule has 5 heteroatoms. The van der Waals surface area contributed by atoms with Crippen molar-refractivity contribution in [1.29, 1.82) is 0 Å². The van der Waals surface area contributed by atoms with Crippen molar-refractivity contribution in [3.05, 3.63) is 0 Å². The molecule has 20 heavy (non-hydrogen) atoms. The molecule has 0 radical (unpaired) electrons. The van der Waals surface area contributed by atoms with Gasteiger partial charge in [0.2, 0.25) is 0 Å². The number of piperidine rings is 1. The molecule has 0 aromatic carbocycles. The van der Waals surface area contributed by atoms with Gasteiger partial charge in [-0.15, -0.1) is 0 Å². The van der Waals surface area contributed by atoms with Crippen LogP contribution in [0.1, 0.15) is 58.8 Å². The fourth-order valence-electron chi connectivity index (χ4n) is 2.49. The van der Waals surface area contributed by atoms with Gasteiger partial charge < -0.3 is 15.3 Å². The average molecular weight is 284 g/mol. The molecule has 1 aliphatic rings. The molecular weight excluding hydrogens is 256 g/mol. The molecule has 0 atom stereocenters. The summed E-state index contributed by atoms with van der Waals surface area (Å²) < 4.78 is 0. The first-order chi connectivity index (χ1) is 9.47. The summed E-state index contributed by atoms with van der Waals surface area (Å²) in [6.45, 7) is 6.84. The number of amides is 2. The molecule has 0 aliphatic carbocycles. The smallest absolute Gasteiger partial charge is 0.317 e. The van der Waals surface area contributed by atoms with Gasteiger partial charge in [-0.2, -0.15) is 0 Å². The highest BCUT2D eigenvalue weighted by Crippen LogP contribution is 2.33. The standard InChI is InChI=1S/C15H28N2O3/c1-3-15(2)8-11-17(12-9-15)14(20)16-10-6-4-5-7-13(18)19/h3-12H2,1-2H3,(H,16,20)(H,18,19). The van der Waals surface area contributed by atoms with Gasteiger partial charge in [0, 0.05) is 26.1 Å². The van der Waals surface area contributed by atoms with E-state index in [9.17, 15) is 9.59 Å². The number of carboxylic acid groups (broad SMARTS) is 1. The van der Waals surface area contributed by atoms with Crippen LogP contribution in [0.4, 0.5) is 4.79 Å².